The highest BCUT2D eigenvalue weighted by Gasteiger charge is 2.05. The van der Waals surface area contributed by atoms with Crippen LogP contribution in [-0.2, 0) is 0 Å². The van der Waals surface area contributed by atoms with E-state index in [1.807, 2.05) is 24.4 Å². The molecule has 0 spiro atoms. The fraction of sp³-hybridized carbons (Fsp3) is 0. The van der Waals surface area contributed by atoms with Crippen molar-refractivity contribution in [3.8, 4) is 22.4 Å². The highest BCUT2D eigenvalue weighted by atomic mass is 14.7. The van der Waals surface area contributed by atoms with Crippen LogP contribution in [0.5, 0.6) is 0 Å². The van der Waals surface area contributed by atoms with E-state index in [1.54, 1.807) is 0 Å². The summed E-state index contributed by atoms with van der Waals surface area (Å²) >= 11 is 0. The van der Waals surface area contributed by atoms with E-state index in [0.29, 0.717) is 0 Å². The highest BCUT2D eigenvalue weighted by Crippen LogP contribution is 2.31. The number of nitrogens with zero attached hydrogens (tertiary/aromatic N) is 1. The second-order valence-electron chi connectivity index (χ2n) is 6.52. The van der Waals surface area contributed by atoms with Crippen molar-refractivity contribution in [1.82, 2.24) is 4.98 Å². The summed E-state index contributed by atoms with van der Waals surface area (Å²) in [6.07, 6.45) is 1.84. The molecule has 0 saturated carbocycles. The second kappa shape index (κ2) is 6.12. The highest BCUT2D eigenvalue weighted by molar-refractivity contribution is 6.08. The second-order valence-corrected chi connectivity index (χ2v) is 6.52. The molecular weight excluding hydrogens is 314 g/mol. The molecule has 0 atom stereocenters. The third-order valence-electron chi connectivity index (χ3n) is 4.90. The zero-order valence-electron chi connectivity index (χ0n) is 14.3. The number of benzene rings is 4. The van der Waals surface area contributed by atoms with Crippen LogP contribution in [0, 0.1) is 0 Å². The van der Waals surface area contributed by atoms with E-state index in [1.165, 1.54) is 32.7 Å². The first-order valence-electron chi connectivity index (χ1n) is 8.82. The van der Waals surface area contributed by atoms with Crippen LogP contribution in [0.1, 0.15) is 0 Å². The quantitative estimate of drug-likeness (QED) is 0.327. The molecule has 5 rings (SSSR count). The Balaban J connectivity index is 1.64. The van der Waals surface area contributed by atoms with Crippen molar-refractivity contribution in [1.29, 1.82) is 0 Å². The summed E-state index contributed by atoms with van der Waals surface area (Å²) < 4.78 is 0. The van der Waals surface area contributed by atoms with Gasteiger partial charge in [0, 0.05) is 11.8 Å². The maximum absolute atomic E-state index is 4.47. The van der Waals surface area contributed by atoms with Crippen molar-refractivity contribution in [2.45, 2.75) is 0 Å². The molecule has 0 radical (unpaired) electrons. The minimum Gasteiger partial charge on any atom is -0.256 e. The molecule has 0 fully saturated rings. The first-order valence-corrected chi connectivity index (χ1v) is 8.82. The smallest absolute Gasteiger partial charge is 0.0702 e. The summed E-state index contributed by atoms with van der Waals surface area (Å²) in [4.78, 5) is 4.47. The molecule has 0 aliphatic heterocycles. The lowest BCUT2D eigenvalue weighted by Gasteiger charge is -2.09. The monoisotopic (exact) mass is 331 g/mol. The summed E-state index contributed by atoms with van der Waals surface area (Å²) in [5.74, 6) is 0. The Labute approximate surface area is 152 Å². The van der Waals surface area contributed by atoms with E-state index in [0.717, 1.165) is 11.3 Å². The van der Waals surface area contributed by atoms with E-state index in [4.69, 9.17) is 0 Å². The summed E-state index contributed by atoms with van der Waals surface area (Å²) in [5.41, 5.74) is 4.58. The molecule has 26 heavy (non-hydrogen) atoms. The minimum absolute atomic E-state index is 1.00. The molecule has 122 valence electrons. The fourth-order valence-corrected chi connectivity index (χ4v) is 3.58. The number of hydrogen-bond acceptors (Lipinski definition) is 1. The Bertz CT molecular complexity index is 1220. The Morgan fingerprint density at radius 2 is 1.23 bits per heavy atom. The predicted molar refractivity (Wildman–Crippen MR) is 110 cm³/mol. The standard InChI is InChI=1S/C25H17N/c1-2-9-23-18(6-1)11-12-21-16-20(13-14-24(21)23)19-7-5-8-22(17-19)25-10-3-4-15-26-25/h1-17H. The van der Waals surface area contributed by atoms with E-state index in [2.05, 4.69) is 83.8 Å². The number of aromatic nitrogens is 1. The fourth-order valence-electron chi connectivity index (χ4n) is 3.58. The minimum atomic E-state index is 1.00. The molecule has 0 aliphatic rings. The number of fused-ring (bicyclic) bond motifs is 3. The van der Waals surface area contributed by atoms with Crippen molar-refractivity contribution in [2.24, 2.45) is 0 Å². The Morgan fingerprint density at radius 1 is 0.462 bits per heavy atom. The SMILES string of the molecule is c1ccc(-c2cccc(-c3ccc4c(ccc5ccccc54)c3)c2)nc1. The van der Waals surface area contributed by atoms with Crippen LogP contribution < -0.4 is 0 Å². The number of rotatable bonds is 2. The van der Waals surface area contributed by atoms with Crippen molar-refractivity contribution in [3.05, 3.63) is 103 Å². The molecular formula is C25H17N. The van der Waals surface area contributed by atoms with Gasteiger partial charge in [0.15, 0.2) is 0 Å². The predicted octanol–water partition coefficient (Wildman–Crippen LogP) is 6.72. The van der Waals surface area contributed by atoms with Crippen LogP contribution in [0.3, 0.4) is 0 Å². The molecule has 1 aromatic heterocycles. The van der Waals surface area contributed by atoms with Crippen LogP contribution in [-0.4, -0.2) is 4.98 Å². The molecule has 0 saturated heterocycles. The van der Waals surface area contributed by atoms with Gasteiger partial charge in [-0.2, -0.15) is 0 Å². The van der Waals surface area contributed by atoms with Gasteiger partial charge in [0.25, 0.3) is 0 Å². The topological polar surface area (TPSA) is 12.9 Å². The van der Waals surface area contributed by atoms with Gasteiger partial charge in [-0.1, -0.05) is 72.8 Å². The average molecular weight is 331 g/mol. The van der Waals surface area contributed by atoms with Gasteiger partial charge in [-0.3, -0.25) is 4.98 Å². The summed E-state index contributed by atoms with van der Waals surface area (Å²) in [6.45, 7) is 0. The molecule has 5 aromatic rings. The molecule has 1 heteroatoms. The van der Waals surface area contributed by atoms with Gasteiger partial charge in [0.2, 0.25) is 0 Å². The summed E-state index contributed by atoms with van der Waals surface area (Å²) in [5, 5.41) is 5.15. The van der Waals surface area contributed by atoms with Gasteiger partial charge >= 0.3 is 0 Å². The van der Waals surface area contributed by atoms with E-state index < -0.39 is 0 Å². The Morgan fingerprint density at radius 3 is 2.15 bits per heavy atom. The van der Waals surface area contributed by atoms with E-state index in [-0.39, 0.29) is 0 Å². The molecule has 0 aliphatic carbocycles. The molecule has 1 nitrogen and oxygen atoms in total. The third kappa shape index (κ3) is 2.55. The van der Waals surface area contributed by atoms with Crippen molar-refractivity contribution in [3.63, 3.8) is 0 Å². The van der Waals surface area contributed by atoms with Crippen molar-refractivity contribution in [2.75, 3.05) is 0 Å². The van der Waals surface area contributed by atoms with Gasteiger partial charge in [0.1, 0.15) is 0 Å². The molecule has 4 aromatic carbocycles. The van der Waals surface area contributed by atoms with Crippen LogP contribution in [0.2, 0.25) is 0 Å². The molecule has 0 amide bonds. The van der Waals surface area contributed by atoms with Crippen LogP contribution >= 0.6 is 0 Å². The van der Waals surface area contributed by atoms with Crippen LogP contribution in [0.25, 0.3) is 43.9 Å². The van der Waals surface area contributed by atoms with Gasteiger partial charge in [-0.05, 0) is 56.9 Å². The first kappa shape index (κ1) is 14.9. The van der Waals surface area contributed by atoms with Gasteiger partial charge < -0.3 is 0 Å². The molecule has 0 unspecified atom stereocenters. The lowest BCUT2D eigenvalue weighted by Crippen LogP contribution is -1.84. The number of pyridine rings is 1. The Kier molecular flexibility index (Phi) is 3.50. The lowest BCUT2D eigenvalue weighted by atomic mass is 9.96. The lowest BCUT2D eigenvalue weighted by molar-refractivity contribution is 1.33. The maximum atomic E-state index is 4.47. The number of hydrogen-bond donors (Lipinski definition) is 0. The van der Waals surface area contributed by atoms with Crippen molar-refractivity contribution >= 4 is 21.5 Å². The molecule has 0 bridgehead atoms. The first-order chi connectivity index (χ1) is 12.9. The molecule has 0 N–H and O–H groups in total. The third-order valence-corrected chi connectivity index (χ3v) is 4.90. The van der Waals surface area contributed by atoms with E-state index >= 15 is 0 Å². The summed E-state index contributed by atoms with van der Waals surface area (Å²) in [6, 6.07) is 34.3. The zero-order chi connectivity index (χ0) is 17.3. The van der Waals surface area contributed by atoms with E-state index in [9.17, 15) is 0 Å². The maximum Gasteiger partial charge on any atom is 0.0702 e. The van der Waals surface area contributed by atoms with Gasteiger partial charge in [-0.25, -0.2) is 0 Å². The van der Waals surface area contributed by atoms with Gasteiger partial charge in [-0.15, -0.1) is 0 Å². The van der Waals surface area contributed by atoms with Gasteiger partial charge in [0.05, 0.1) is 5.69 Å². The largest absolute Gasteiger partial charge is 0.256 e. The normalized spacial score (nSPS) is 11.1. The zero-order valence-corrected chi connectivity index (χ0v) is 14.3. The Hall–Kier alpha value is -3.45. The van der Waals surface area contributed by atoms with Crippen molar-refractivity contribution < 1.29 is 0 Å². The average Bonchev–Trinajstić information content (AvgIpc) is 2.74. The summed E-state index contributed by atoms with van der Waals surface area (Å²) in [7, 11) is 0. The molecule has 1 heterocycles. The van der Waals surface area contributed by atoms with Crippen LogP contribution in [0.15, 0.2) is 103 Å². The van der Waals surface area contributed by atoms with Crippen LogP contribution in [0.4, 0.5) is 0 Å².